The average Bonchev–Trinajstić information content (AvgIpc) is 2.93. The van der Waals surface area contributed by atoms with Gasteiger partial charge in [-0.25, -0.2) is 0 Å². The van der Waals surface area contributed by atoms with Crippen LogP contribution in [0, 0.1) is 6.92 Å². The molecular weight excluding hydrogens is 458 g/mol. The smallest absolute Gasteiger partial charge is 0.0167 e. The third-order valence-corrected chi connectivity index (χ3v) is 12.0. The maximum absolute atomic E-state index is 2.37. The molecule has 0 spiro atoms. The Bertz CT molecular complexity index is 1220. The summed E-state index contributed by atoms with van der Waals surface area (Å²) in [6.07, 6.45) is 1.11. The molecule has 0 amide bonds. The third kappa shape index (κ3) is 5.79. The standard InChI is InChI=1S/C33H30P2/c1-27-22-24-28(25-23-27)33(35(31-18-10-4-11-19-31)32-20-12-5-13-21-32)26-34(29-14-6-2-7-15-29)30-16-8-3-9-17-30/h2-25,33H,26H2,1H3. The molecule has 5 rings (SSSR count). The lowest BCUT2D eigenvalue weighted by Crippen LogP contribution is -2.23. The van der Waals surface area contributed by atoms with E-state index in [2.05, 4.69) is 153 Å². The SMILES string of the molecule is Cc1ccc(C(CP(c2ccccc2)c2ccccc2)P(c2ccccc2)c2ccccc2)cc1. The predicted octanol–water partition coefficient (Wildman–Crippen LogP) is 7.30. The van der Waals surface area contributed by atoms with Gasteiger partial charge in [0.25, 0.3) is 0 Å². The molecule has 0 saturated carbocycles. The van der Waals surface area contributed by atoms with Gasteiger partial charge in [-0.1, -0.05) is 151 Å². The average molecular weight is 489 g/mol. The zero-order valence-corrected chi connectivity index (χ0v) is 21.8. The van der Waals surface area contributed by atoms with E-state index in [0.717, 1.165) is 6.16 Å². The van der Waals surface area contributed by atoms with E-state index in [4.69, 9.17) is 0 Å². The van der Waals surface area contributed by atoms with Gasteiger partial charge >= 0.3 is 0 Å². The molecule has 35 heavy (non-hydrogen) atoms. The predicted molar refractivity (Wildman–Crippen MR) is 157 cm³/mol. The summed E-state index contributed by atoms with van der Waals surface area (Å²) in [7, 11) is -1.12. The summed E-state index contributed by atoms with van der Waals surface area (Å²) < 4.78 is 0. The van der Waals surface area contributed by atoms with Crippen molar-refractivity contribution in [2.75, 3.05) is 6.16 Å². The zero-order chi connectivity index (χ0) is 23.9. The Morgan fingerprint density at radius 1 is 0.457 bits per heavy atom. The molecule has 0 saturated heterocycles. The quantitative estimate of drug-likeness (QED) is 0.201. The van der Waals surface area contributed by atoms with Crippen molar-refractivity contribution < 1.29 is 0 Å². The van der Waals surface area contributed by atoms with Gasteiger partial charge in [-0.15, -0.1) is 0 Å². The van der Waals surface area contributed by atoms with E-state index in [-0.39, 0.29) is 0 Å². The zero-order valence-electron chi connectivity index (χ0n) is 20.0. The summed E-state index contributed by atoms with van der Waals surface area (Å²) in [5.41, 5.74) is 3.15. The highest BCUT2D eigenvalue weighted by atomic mass is 31.1. The van der Waals surface area contributed by atoms with Crippen molar-refractivity contribution in [3.05, 3.63) is 157 Å². The maximum Gasteiger partial charge on any atom is 0.0167 e. The first-order valence-electron chi connectivity index (χ1n) is 12.1. The number of rotatable bonds is 8. The monoisotopic (exact) mass is 488 g/mol. The topological polar surface area (TPSA) is 0 Å². The molecule has 0 aliphatic rings. The fourth-order valence-corrected chi connectivity index (χ4v) is 10.5. The van der Waals surface area contributed by atoms with E-state index in [1.807, 2.05) is 0 Å². The Morgan fingerprint density at radius 2 is 0.829 bits per heavy atom. The van der Waals surface area contributed by atoms with Crippen LogP contribution in [-0.4, -0.2) is 6.16 Å². The van der Waals surface area contributed by atoms with Gasteiger partial charge in [0.1, 0.15) is 0 Å². The number of benzene rings is 5. The second-order valence-electron chi connectivity index (χ2n) is 8.75. The Kier molecular flexibility index (Phi) is 7.85. The van der Waals surface area contributed by atoms with Crippen LogP contribution in [0.25, 0.3) is 0 Å². The molecule has 5 aromatic carbocycles. The largest absolute Gasteiger partial charge is 0.0622 e. The second kappa shape index (κ2) is 11.6. The van der Waals surface area contributed by atoms with Crippen LogP contribution in [0.4, 0.5) is 0 Å². The molecule has 0 aliphatic carbocycles. The van der Waals surface area contributed by atoms with Gasteiger partial charge < -0.3 is 0 Å². The van der Waals surface area contributed by atoms with E-state index in [1.165, 1.54) is 32.3 Å². The van der Waals surface area contributed by atoms with Crippen molar-refractivity contribution in [2.24, 2.45) is 0 Å². The van der Waals surface area contributed by atoms with Crippen LogP contribution in [0.1, 0.15) is 16.8 Å². The van der Waals surface area contributed by atoms with Crippen LogP contribution < -0.4 is 21.2 Å². The third-order valence-electron chi connectivity index (χ3n) is 6.33. The minimum atomic E-state index is -0.597. The lowest BCUT2D eigenvalue weighted by atomic mass is 10.1. The molecule has 0 heterocycles. The van der Waals surface area contributed by atoms with Gasteiger partial charge in [0.15, 0.2) is 0 Å². The van der Waals surface area contributed by atoms with Crippen LogP contribution >= 0.6 is 15.8 Å². The number of aryl methyl sites for hydroxylation is 1. The van der Waals surface area contributed by atoms with Crippen LogP contribution in [0.2, 0.25) is 0 Å². The summed E-state index contributed by atoms with van der Waals surface area (Å²) in [4.78, 5) is 0. The highest BCUT2D eigenvalue weighted by Crippen LogP contribution is 2.55. The van der Waals surface area contributed by atoms with Gasteiger partial charge in [0.2, 0.25) is 0 Å². The first-order valence-corrected chi connectivity index (χ1v) is 15.1. The van der Waals surface area contributed by atoms with E-state index in [0.29, 0.717) is 5.66 Å². The van der Waals surface area contributed by atoms with Gasteiger partial charge in [-0.2, -0.15) is 0 Å². The summed E-state index contributed by atoms with van der Waals surface area (Å²) in [5, 5.41) is 5.77. The van der Waals surface area contributed by atoms with E-state index >= 15 is 0 Å². The second-order valence-corrected chi connectivity index (χ2v) is 13.4. The molecular formula is C33H30P2. The fraction of sp³-hybridized carbons (Fsp3) is 0.0909. The van der Waals surface area contributed by atoms with E-state index < -0.39 is 15.8 Å². The fourth-order valence-electron chi connectivity index (χ4n) is 4.56. The molecule has 1 atom stereocenters. The molecule has 0 bridgehead atoms. The molecule has 172 valence electrons. The molecule has 0 aliphatic heterocycles. The van der Waals surface area contributed by atoms with Gasteiger partial charge in [-0.3, -0.25) is 0 Å². The molecule has 5 aromatic rings. The summed E-state index contributed by atoms with van der Waals surface area (Å²) in [6, 6.07) is 53.9. The van der Waals surface area contributed by atoms with Crippen molar-refractivity contribution in [3.63, 3.8) is 0 Å². The highest BCUT2D eigenvalue weighted by Gasteiger charge is 2.30. The van der Waals surface area contributed by atoms with Crippen LogP contribution in [0.3, 0.4) is 0 Å². The summed E-state index contributed by atoms with van der Waals surface area (Å²) >= 11 is 0. The van der Waals surface area contributed by atoms with Gasteiger partial charge in [-0.05, 0) is 55.7 Å². The van der Waals surface area contributed by atoms with Crippen molar-refractivity contribution in [2.45, 2.75) is 12.6 Å². The van der Waals surface area contributed by atoms with Crippen LogP contribution in [-0.2, 0) is 0 Å². The van der Waals surface area contributed by atoms with Crippen molar-refractivity contribution in [1.29, 1.82) is 0 Å². The van der Waals surface area contributed by atoms with Crippen LogP contribution in [0.15, 0.2) is 146 Å². The van der Waals surface area contributed by atoms with Gasteiger partial charge in [0.05, 0.1) is 0 Å². The summed E-state index contributed by atoms with van der Waals surface area (Å²) in [6.45, 7) is 2.18. The lowest BCUT2D eigenvalue weighted by Gasteiger charge is -2.33. The van der Waals surface area contributed by atoms with E-state index in [1.54, 1.807) is 0 Å². The van der Waals surface area contributed by atoms with Gasteiger partial charge in [0, 0.05) is 5.66 Å². The molecule has 1 unspecified atom stereocenters. The van der Waals surface area contributed by atoms with Crippen molar-refractivity contribution in [3.8, 4) is 0 Å². The first kappa shape index (κ1) is 23.7. The summed E-state index contributed by atoms with van der Waals surface area (Å²) in [5.74, 6) is 0. The van der Waals surface area contributed by atoms with Crippen LogP contribution in [0.5, 0.6) is 0 Å². The van der Waals surface area contributed by atoms with Crippen molar-refractivity contribution in [1.82, 2.24) is 0 Å². The molecule has 0 nitrogen and oxygen atoms in total. The molecule has 0 N–H and O–H groups in total. The molecule has 0 fully saturated rings. The normalized spacial score (nSPS) is 12.1. The number of hydrogen-bond donors (Lipinski definition) is 0. The molecule has 2 heteroatoms. The Balaban J connectivity index is 1.67. The lowest BCUT2D eigenvalue weighted by molar-refractivity contribution is 1.10. The minimum Gasteiger partial charge on any atom is -0.0622 e. The molecule has 0 aromatic heterocycles. The Labute approximate surface area is 212 Å². The van der Waals surface area contributed by atoms with Crippen molar-refractivity contribution >= 4 is 37.1 Å². The van der Waals surface area contributed by atoms with E-state index in [9.17, 15) is 0 Å². The minimum absolute atomic E-state index is 0.405. The molecule has 0 radical (unpaired) electrons. The first-order chi connectivity index (χ1) is 17.3. The maximum atomic E-state index is 2.37. The number of hydrogen-bond acceptors (Lipinski definition) is 0. The Hall–Kier alpha value is -3.04. The highest BCUT2D eigenvalue weighted by molar-refractivity contribution is 7.76. The Morgan fingerprint density at radius 3 is 1.23 bits per heavy atom.